The largest absolute Gasteiger partial charge is 0.273 e. The van der Waals surface area contributed by atoms with E-state index in [1.54, 1.807) is 18.2 Å². The lowest BCUT2D eigenvalue weighted by atomic mass is 10.1. The molecule has 1 aromatic carbocycles. The number of aryl methyl sites for hydroxylation is 1. The molecule has 2 N–H and O–H groups in total. The number of hydrogen-bond acceptors (Lipinski definition) is 4. The molecule has 8 heteroatoms. The Morgan fingerprint density at radius 3 is 2.52 bits per heavy atom. The molecule has 1 heterocycles. The second-order valence-corrected chi connectivity index (χ2v) is 7.73. The Labute approximate surface area is 162 Å². The van der Waals surface area contributed by atoms with E-state index in [9.17, 15) is 14.0 Å². The van der Waals surface area contributed by atoms with Crippen LogP contribution in [0.2, 0.25) is 0 Å². The van der Waals surface area contributed by atoms with Crippen LogP contribution in [0.4, 0.5) is 4.39 Å². The first-order valence-electron chi connectivity index (χ1n) is 8.75. The second-order valence-electron chi connectivity index (χ2n) is 6.72. The number of hydrazine groups is 1. The van der Waals surface area contributed by atoms with E-state index in [2.05, 4.69) is 29.8 Å². The predicted octanol–water partition coefficient (Wildman–Crippen LogP) is 2.78. The van der Waals surface area contributed by atoms with E-state index in [4.69, 9.17) is 0 Å². The topological polar surface area (TPSA) is 76.0 Å². The summed E-state index contributed by atoms with van der Waals surface area (Å²) in [7, 11) is 0. The molecule has 0 spiro atoms. The fourth-order valence-electron chi connectivity index (χ4n) is 2.60. The van der Waals surface area contributed by atoms with Gasteiger partial charge in [0.25, 0.3) is 0 Å². The smallest absolute Gasteiger partial charge is 0.248 e. The summed E-state index contributed by atoms with van der Waals surface area (Å²) in [4.78, 5) is 24.4. The maximum absolute atomic E-state index is 13.5. The number of carbonyl (C=O) groups excluding carboxylic acids is 2. The van der Waals surface area contributed by atoms with Gasteiger partial charge in [-0.3, -0.25) is 25.1 Å². The van der Waals surface area contributed by atoms with Crippen LogP contribution in [-0.4, -0.2) is 27.3 Å². The minimum absolute atomic E-state index is 0.00555. The highest BCUT2D eigenvalue weighted by Gasteiger charge is 2.16. The summed E-state index contributed by atoms with van der Waals surface area (Å²) in [5.41, 5.74) is 7.40. The zero-order valence-electron chi connectivity index (χ0n) is 16.0. The molecule has 146 valence electrons. The average Bonchev–Trinajstić information content (AvgIpc) is 2.86. The number of rotatable bonds is 7. The maximum Gasteiger partial charge on any atom is 0.248 e. The van der Waals surface area contributed by atoms with Gasteiger partial charge >= 0.3 is 0 Å². The molecule has 0 bridgehead atoms. The van der Waals surface area contributed by atoms with E-state index in [1.807, 2.05) is 18.5 Å². The fourth-order valence-corrected chi connectivity index (χ4v) is 3.34. The summed E-state index contributed by atoms with van der Waals surface area (Å²) in [5, 5.41) is 4.48. The van der Waals surface area contributed by atoms with E-state index in [-0.39, 0.29) is 23.9 Å². The van der Waals surface area contributed by atoms with Crippen LogP contribution in [0.15, 0.2) is 29.2 Å². The molecule has 0 aliphatic carbocycles. The Bertz CT molecular complexity index is 820. The van der Waals surface area contributed by atoms with Gasteiger partial charge in [-0.1, -0.05) is 26.0 Å². The Morgan fingerprint density at radius 1 is 1.19 bits per heavy atom. The fraction of sp³-hybridized carbons (Fsp3) is 0.421. The minimum atomic E-state index is -0.402. The number of nitrogens with zero attached hydrogens (tertiary/aromatic N) is 2. The second kappa shape index (κ2) is 9.55. The molecule has 27 heavy (non-hydrogen) atoms. The van der Waals surface area contributed by atoms with Gasteiger partial charge in [-0.05, 0) is 31.9 Å². The molecule has 0 atom stereocenters. The van der Waals surface area contributed by atoms with E-state index in [0.29, 0.717) is 10.8 Å². The Hall–Kier alpha value is -2.35. The quantitative estimate of drug-likeness (QED) is 0.561. The number of hydrogen-bond donors (Lipinski definition) is 2. The number of halogens is 1. The molecule has 0 aliphatic heterocycles. The molecule has 0 aliphatic rings. The molecule has 0 fully saturated rings. The van der Waals surface area contributed by atoms with E-state index < -0.39 is 5.91 Å². The lowest BCUT2D eigenvalue weighted by molar-refractivity contribution is -0.127. The van der Waals surface area contributed by atoms with Crippen LogP contribution in [0.5, 0.6) is 0 Å². The van der Waals surface area contributed by atoms with Gasteiger partial charge in [-0.15, -0.1) is 11.8 Å². The van der Waals surface area contributed by atoms with Gasteiger partial charge in [0, 0.05) is 22.7 Å². The van der Waals surface area contributed by atoms with Gasteiger partial charge in [0.2, 0.25) is 11.8 Å². The monoisotopic (exact) mass is 392 g/mol. The summed E-state index contributed by atoms with van der Waals surface area (Å²) in [6, 6.07) is 6.24. The first-order valence-corrected chi connectivity index (χ1v) is 9.74. The minimum Gasteiger partial charge on any atom is -0.273 e. The van der Waals surface area contributed by atoms with E-state index in [1.165, 1.54) is 6.07 Å². The van der Waals surface area contributed by atoms with Crippen LogP contribution in [-0.2, 0) is 22.6 Å². The third kappa shape index (κ3) is 6.09. The highest BCUT2D eigenvalue weighted by atomic mass is 32.2. The number of amides is 2. The van der Waals surface area contributed by atoms with E-state index in [0.717, 1.165) is 35.3 Å². The molecular formula is C19H25FN4O2S. The summed E-state index contributed by atoms with van der Waals surface area (Å²) in [6.45, 7) is 8.82. The average molecular weight is 393 g/mol. The molecule has 0 saturated carbocycles. The lowest BCUT2D eigenvalue weighted by Gasteiger charge is -2.09. The van der Waals surface area contributed by atoms with Crippen molar-refractivity contribution in [1.29, 1.82) is 0 Å². The Morgan fingerprint density at radius 2 is 1.85 bits per heavy atom. The summed E-state index contributed by atoms with van der Waals surface area (Å²) >= 11 is 1.07. The third-order valence-corrected chi connectivity index (χ3v) is 4.99. The van der Waals surface area contributed by atoms with Crippen molar-refractivity contribution in [3.63, 3.8) is 0 Å². The SMILES string of the molecule is Cc1nn(CC(C)C)c(C)c1CC(=O)NNC(=O)CSc1ccccc1F. The molecule has 2 rings (SSSR count). The van der Waals surface area contributed by atoms with Crippen molar-refractivity contribution in [3.05, 3.63) is 47.0 Å². The third-order valence-electron chi connectivity index (χ3n) is 3.94. The van der Waals surface area contributed by atoms with Crippen molar-refractivity contribution in [2.75, 3.05) is 5.75 Å². The van der Waals surface area contributed by atoms with Gasteiger partial charge in [-0.25, -0.2) is 4.39 Å². The zero-order chi connectivity index (χ0) is 20.0. The molecule has 0 saturated heterocycles. The molecule has 2 aromatic rings. The van der Waals surface area contributed by atoms with Crippen molar-refractivity contribution in [2.45, 2.75) is 45.6 Å². The van der Waals surface area contributed by atoms with Gasteiger partial charge in [-0.2, -0.15) is 5.10 Å². The van der Waals surface area contributed by atoms with Crippen LogP contribution in [0.3, 0.4) is 0 Å². The Balaban J connectivity index is 1.83. The molecular weight excluding hydrogens is 367 g/mol. The van der Waals surface area contributed by atoms with Crippen LogP contribution in [0.1, 0.15) is 30.8 Å². The number of aromatic nitrogens is 2. The molecule has 1 aromatic heterocycles. The number of thioether (sulfide) groups is 1. The van der Waals surface area contributed by atoms with Gasteiger partial charge in [0.05, 0.1) is 17.9 Å². The standard InChI is InChI=1S/C19H25FN4O2S/c1-12(2)10-24-14(4)15(13(3)23-24)9-18(25)21-22-19(26)11-27-17-8-6-5-7-16(17)20/h5-8,12H,9-11H2,1-4H3,(H,21,25)(H,22,26). The van der Waals surface area contributed by atoms with Crippen molar-refractivity contribution in [3.8, 4) is 0 Å². The van der Waals surface area contributed by atoms with E-state index >= 15 is 0 Å². The van der Waals surface area contributed by atoms with Crippen molar-refractivity contribution < 1.29 is 14.0 Å². The molecule has 6 nitrogen and oxygen atoms in total. The predicted molar refractivity (Wildman–Crippen MR) is 104 cm³/mol. The van der Waals surface area contributed by atoms with Crippen LogP contribution in [0.25, 0.3) is 0 Å². The molecule has 0 unspecified atom stereocenters. The van der Waals surface area contributed by atoms with Gasteiger partial charge in [0.15, 0.2) is 0 Å². The molecule has 2 amide bonds. The Kier molecular flexibility index (Phi) is 7.41. The van der Waals surface area contributed by atoms with Crippen LogP contribution >= 0.6 is 11.8 Å². The van der Waals surface area contributed by atoms with Crippen molar-refractivity contribution in [2.24, 2.45) is 5.92 Å². The number of nitrogens with one attached hydrogen (secondary N) is 2. The number of benzene rings is 1. The van der Waals surface area contributed by atoms with Crippen LogP contribution in [0, 0.1) is 25.6 Å². The van der Waals surface area contributed by atoms with Gasteiger partial charge < -0.3 is 0 Å². The van der Waals surface area contributed by atoms with Gasteiger partial charge in [0.1, 0.15) is 5.82 Å². The summed E-state index contributed by atoms with van der Waals surface area (Å²) < 4.78 is 15.4. The lowest BCUT2D eigenvalue weighted by Crippen LogP contribution is -2.43. The summed E-state index contributed by atoms with van der Waals surface area (Å²) in [5.74, 6) is -0.638. The highest BCUT2D eigenvalue weighted by Crippen LogP contribution is 2.20. The van der Waals surface area contributed by atoms with Crippen molar-refractivity contribution in [1.82, 2.24) is 20.6 Å². The normalized spacial score (nSPS) is 10.9. The molecule has 0 radical (unpaired) electrons. The highest BCUT2D eigenvalue weighted by molar-refractivity contribution is 8.00. The first-order chi connectivity index (χ1) is 12.8. The first kappa shape index (κ1) is 21.0. The number of carbonyl (C=O) groups is 2. The maximum atomic E-state index is 13.5. The van der Waals surface area contributed by atoms with Crippen molar-refractivity contribution >= 4 is 23.6 Å². The zero-order valence-corrected chi connectivity index (χ0v) is 16.8. The van der Waals surface area contributed by atoms with Crippen LogP contribution < -0.4 is 10.9 Å². The summed E-state index contributed by atoms with van der Waals surface area (Å²) in [6.07, 6.45) is 0.135.